The van der Waals surface area contributed by atoms with Gasteiger partial charge in [-0.25, -0.2) is 8.42 Å². The summed E-state index contributed by atoms with van der Waals surface area (Å²) in [5.41, 5.74) is -0.0421. The van der Waals surface area contributed by atoms with Crippen molar-refractivity contribution in [2.45, 2.75) is 26.3 Å². The minimum Gasteiger partial charge on any atom is -0.351 e. The highest BCUT2D eigenvalue weighted by Gasteiger charge is 2.28. The van der Waals surface area contributed by atoms with Crippen LogP contribution in [-0.4, -0.2) is 43.5 Å². The van der Waals surface area contributed by atoms with Crippen molar-refractivity contribution in [1.29, 1.82) is 0 Å². The van der Waals surface area contributed by atoms with Crippen molar-refractivity contribution in [1.82, 2.24) is 9.62 Å². The summed E-state index contributed by atoms with van der Waals surface area (Å²) in [5.74, 6) is -0.256. The van der Waals surface area contributed by atoms with Crippen LogP contribution in [0.4, 0.5) is 0 Å². The summed E-state index contributed by atoms with van der Waals surface area (Å²) in [7, 11) is -3.33. The van der Waals surface area contributed by atoms with Crippen LogP contribution in [0.2, 0.25) is 5.02 Å². The van der Waals surface area contributed by atoms with E-state index in [1.165, 1.54) is 10.6 Å². The number of hydrogen-bond acceptors (Lipinski definition) is 3. The zero-order valence-electron chi connectivity index (χ0n) is 12.7. The first-order valence-electron chi connectivity index (χ1n) is 6.53. The second-order valence-corrected chi connectivity index (χ2v) is 8.11. The van der Waals surface area contributed by atoms with Gasteiger partial charge in [0.25, 0.3) is 5.91 Å². The van der Waals surface area contributed by atoms with Crippen molar-refractivity contribution in [3.8, 4) is 0 Å². The van der Waals surface area contributed by atoms with E-state index in [9.17, 15) is 13.2 Å². The lowest BCUT2D eigenvalue weighted by Crippen LogP contribution is -2.48. The summed E-state index contributed by atoms with van der Waals surface area (Å²) in [4.78, 5) is 11.9. The Morgan fingerprint density at radius 1 is 1.24 bits per heavy atom. The van der Waals surface area contributed by atoms with E-state index in [-0.39, 0.29) is 19.0 Å². The van der Waals surface area contributed by atoms with Crippen LogP contribution in [0.1, 0.15) is 31.1 Å². The van der Waals surface area contributed by atoms with Gasteiger partial charge in [-0.05, 0) is 45.0 Å². The SMILES string of the molecule is CC(C)(C)N(CCNC(=O)c1ccc(Cl)cc1)S(C)(=O)=O. The molecule has 1 aromatic rings. The number of amides is 1. The lowest BCUT2D eigenvalue weighted by molar-refractivity contribution is 0.0948. The van der Waals surface area contributed by atoms with Crippen LogP contribution in [0.25, 0.3) is 0 Å². The van der Waals surface area contributed by atoms with Crippen LogP contribution in [0.5, 0.6) is 0 Å². The van der Waals surface area contributed by atoms with Crippen LogP contribution >= 0.6 is 11.6 Å². The molecule has 0 aliphatic rings. The molecule has 1 aromatic carbocycles. The third kappa shape index (κ3) is 5.65. The first-order chi connectivity index (χ1) is 9.51. The number of halogens is 1. The van der Waals surface area contributed by atoms with Gasteiger partial charge in [-0.15, -0.1) is 0 Å². The van der Waals surface area contributed by atoms with E-state index in [1.54, 1.807) is 24.3 Å². The first-order valence-corrected chi connectivity index (χ1v) is 8.76. The van der Waals surface area contributed by atoms with Crippen molar-refractivity contribution in [2.24, 2.45) is 0 Å². The molecule has 0 fully saturated rings. The van der Waals surface area contributed by atoms with E-state index in [2.05, 4.69) is 5.32 Å². The van der Waals surface area contributed by atoms with Gasteiger partial charge in [0.1, 0.15) is 0 Å². The van der Waals surface area contributed by atoms with Gasteiger partial charge >= 0.3 is 0 Å². The van der Waals surface area contributed by atoms with Crippen LogP contribution in [-0.2, 0) is 10.0 Å². The molecule has 0 saturated carbocycles. The average molecular weight is 333 g/mol. The lowest BCUT2D eigenvalue weighted by Gasteiger charge is -2.33. The van der Waals surface area contributed by atoms with Crippen LogP contribution in [0, 0.1) is 0 Å². The van der Waals surface area contributed by atoms with E-state index in [0.717, 1.165) is 0 Å². The molecule has 7 heteroatoms. The molecule has 0 bridgehead atoms. The Bertz CT molecular complexity index is 592. The molecule has 1 rings (SSSR count). The maximum absolute atomic E-state index is 11.9. The van der Waals surface area contributed by atoms with Crippen molar-refractivity contribution >= 4 is 27.5 Å². The van der Waals surface area contributed by atoms with E-state index < -0.39 is 15.6 Å². The second-order valence-electron chi connectivity index (χ2n) is 5.77. The van der Waals surface area contributed by atoms with Crippen LogP contribution in [0.15, 0.2) is 24.3 Å². The highest BCUT2D eigenvalue weighted by molar-refractivity contribution is 7.88. The fourth-order valence-corrected chi connectivity index (χ4v) is 3.52. The molecule has 0 radical (unpaired) electrons. The molecule has 21 heavy (non-hydrogen) atoms. The quantitative estimate of drug-likeness (QED) is 0.898. The van der Waals surface area contributed by atoms with Gasteiger partial charge in [-0.1, -0.05) is 11.6 Å². The van der Waals surface area contributed by atoms with E-state index in [0.29, 0.717) is 10.6 Å². The van der Waals surface area contributed by atoms with Gasteiger partial charge in [-0.3, -0.25) is 4.79 Å². The predicted octanol–water partition coefficient (Wildman–Crippen LogP) is 2.13. The topological polar surface area (TPSA) is 66.5 Å². The number of sulfonamides is 1. The number of hydrogen-bond donors (Lipinski definition) is 1. The minimum absolute atomic E-state index is 0.224. The molecule has 0 heterocycles. The molecule has 1 amide bonds. The fraction of sp³-hybridized carbons (Fsp3) is 0.500. The third-order valence-electron chi connectivity index (χ3n) is 2.86. The molecular formula is C14H21ClN2O3S. The maximum Gasteiger partial charge on any atom is 0.251 e. The molecule has 118 valence electrons. The van der Waals surface area contributed by atoms with Gasteiger partial charge < -0.3 is 5.32 Å². The molecule has 1 N–H and O–H groups in total. The number of nitrogens with zero attached hydrogens (tertiary/aromatic N) is 1. The van der Waals surface area contributed by atoms with Crippen molar-refractivity contribution < 1.29 is 13.2 Å². The second kappa shape index (κ2) is 6.77. The Labute approximate surface area is 131 Å². The lowest BCUT2D eigenvalue weighted by atomic mass is 10.1. The van der Waals surface area contributed by atoms with Gasteiger partial charge in [0.2, 0.25) is 10.0 Å². The van der Waals surface area contributed by atoms with E-state index >= 15 is 0 Å². The zero-order valence-corrected chi connectivity index (χ0v) is 14.3. The Kier molecular flexibility index (Phi) is 5.78. The zero-order chi connectivity index (χ0) is 16.3. The van der Waals surface area contributed by atoms with Crippen molar-refractivity contribution in [2.75, 3.05) is 19.3 Å². The molecule has 0 saturated heterocycles. The van der Waals surface area contributed by atoms with Crippen LogP contribution in [0.3, 0.4) is 0 Å². The molecular weight excluding hydrogens is 312 g/mol. The van der Waals surface area contributed by atoms with Gasteiger partial charge in [0.15, 0.2) is 0 Å². The molecule has 0 aliphatic heterocycles. The molecule has 0 aromatic heterocycles. The smallest absolute Gasteiger partial charge is 0.251 e. The summed E-state index contributed by atoms with van der Waals surface area (Å²) in [6, 6.07) is 6.51. The minimum atomic E-state index is -3.33. The number of carbonyl (C=O) groups is 1. The normalized spacial score (nSPS) is 12.5. The highest BCUT2D eigenvalue weighted by atomic mass is 35.5. The largest absolute Gasteiger partial charge is 0.351 e. The van der Waals surface area contributed by atoms with E-state index in [4.69, 9.17) is 11.6 Å². The molecule has 0 unspecified atom stereocenters. The van der Waals surface area contributed by atoms with Crippen molar-refractivity contribution in [3.05, 3.63) is 34.9 Å². The highest BCUT2D eigenvalue weighted by Crippen LogP contribution is 2.16. The maximum atomic E-state index is 11.9. The number of carbonyl (C=O) groups excluding carboxylic acids is 1. The number of benzene rings is 1. The molecule has 0 aliphatic carbocycles. The van der Waals surface area contributed by atoms with Gasteiger partial charge in [-0.2, -0.15) is 4.31 Å². The summed E-state index contributed by atoms with van der Waals surface area (Å²) in [5, 5.41) is 3.26. The number of nitrogens with one attached hydrogen (secondary N) is 1. The fourth-order valence-electron chi connectivity index (χ4n) is 1.97. The average Bonchev–Trinajstić information content (AvgIpc) is 2.32. The predicted molar refractivity (Wildman–Crippen MR) is 85.1 cm³/mol. The van der Waals surface area contributed by atoms with Crippen LogP contribution < -0.4 is 5.32 Å². The Morgan fingerprint density at radius 3 is 2.19 bits per heavy atom. The van der Waals surface area contributed by atoms with Crippen molar-refractivity contribution in [3.63, 3.8) is 0 Å². The summed E-state index contributed by atoms with van der Waals surface area (Å²) in [6.07, 6.45) is 1.17. The standard InChI is InChI=1S/C14H21ClN2O3S/c1-14(2,3)17(21(4,19)20)10-9-16-13(18)11-5-7-12(15)8-6-11/h5-8H,9-10H2,1-4H3,(H,16,18). The molecule has 0 spiro atoms. The summed E-state index contributed by atoms with van der Waals surface area (Å²) in [6.45, 7) is 5.91. The third-order valence-corrected chi connectivity index (χ3v) is 4.64. The summed E-state index contributed by atoms with van der Waals surface area (Å²) >= 11 is 5.76. The molecule has 0 atom stereocenters. The molecule has 5 nitrogen and oxygen atoms in total. The van der Waals surface area contributed by atoms with E-state index in [1.807, 2.05) is 20.8 Å². The summed E-state index contributed by atoms with van der Waals surface area (Å²) < 4.78 is 24.9. The monoisotopic (exact) mass is 332 g/mol. The first kappa shape index (κ1) is 17.9. The Balaban J connectivity index is 2.63. The van der Waals surface area contributed by atoms with Gasteiger partial charge in [0.05, 0.1) is 6.26 Å². The van der Waals surface area contributed by atoms with Gasteiger partial charge in [0, 0.05) is 29.2 Å². The Morgan fingerprint density at radius 2 is 1.76 bits per heavy atom. The Hall–Kier alpha value is -1.11. The number of rotatable bonds is 5.